The topological polar surface area (TPSA) is 28.0 Å². The van der Waals surface area contributed by atoms with Crippen LogP contribution in [0.5, 0.6) is 0 Å². The van der Waals surface area contributed by atoms with Gasteiger partial charge in [-0.3, -0.25) is 9.98 Å². The van der Waals surface area contributed by atoms with Crippen LogP contribution in [0.3, 0.4) is 0 Å². The van der Waals surface area contributed by atoms with Gasteiger partial charge in [-0.2, -0.15) is 0 Å². The summed E-state index contributed by atoms with van der Waals surface area (Å²) in [4.78, 5) is 11.8. The van der Waals surface area contributed by atoms with Crippen LogP contribution in [0.1, 0.15) is 59.8 Å². The van der Waals surface area contributed by atoms with Crippen molar-refractivity contribution in [3.63, 3.8) is 0 Å². The van der Waals surface area contributed by atoms with Crippen LogP contribution in [0, 0.1) is 11.8 Å². The smallest absolute Gasteiger partial charge is 0.103 e. The zero-order valence-electron chi connectivity index (χ0n) is 17.4. The maximum absolute atomic E-state index is 4.93. The fourth-order valence-corrected chi connectivity index (χ4v) is 3.03. The largest absolute Gasteiger partial charge is 0.357 e. The van der Waals surface area contributed by atoms with Crippen molar-refractivity contribution in [2.45, 2.75) is 59.8 Å². The highest BCUT2D eigenvalue weighted by Gasteiger charge is 2.20. The van der Waals surface area contributed by atoms with Crippen LogP contribution in [-0.4, -0.2) is 43.1 Å². The molecule has 1 unspecified atom stereocenters. The average molecular weight is 358 g/mol. The van der Waals surface area contributed by atoms with Crippen molar-refractivity contribution < 1.29 is 0 Å². The number of nitrogens with zero attached hydrogens (tertiary/aromatic N) is 3. The summed E-state index contributed by atoms with van der Waals surface area (Å²) < 4.78 is 0. The lowest BCUT2D eigenvalue weighted by Gasteiger charge is -2.30. The predicted molar refractivity (Wildman–Crippen MR) is 117 cm³/mol. The third kappa shape index (κ3) is 9.74. The molecule has 0 heterocycles. The Bertz CT molecular complexity index is 498. The van der Waals surface area contributed by atoms with Gasteiger partial charge in [0.05, 0.1) is 0 Å². The van der Waals surface area contributed by atoms with Crippen LogP contribution in [0.15, 0.2) is 46.4 Å². The van der Waals surface area contributed by atoms with E-state index in [1.807, 2.05) is 6.21 Å². The van der Waals surface area contributed by atoms with Crippen molar-refractivity contribution in [1.82, 2.24) is 4.90 Å². The highest BCUT2D eigenvalue weighted by molar-refractivity contribution is 5.85. The summed E-state index contributed by atoms with van der Waals surface area (Å²) in [5, 5.41) is 0. The summed E-state index contributed by atoms with van der Waals surface area (Å²) in [6, 6.07) is 0. The highest BCUT2D eigenvalue weighted by Crippen LogP contribution is 2.22. The van der Waals surface area contributed by atoms with Crippen molar-refractivity contribution in [1.29, 1.82) is 0 Å². The van der Waals surface area contributed by atoms with E-state index in [-0.39, 0.29) is 0 Å². The van der Waals surface area contributed by atoms with Gasteiger partial charge < -0.3 is 4.90 Å². The molecule has 26 heavy (non-hydrogen) atoms. The van der Waals surface area contributed by atoms with Gasteiger partial charge in [-0.25, -0.2) is 0 Å². The molecule has 0 amide bonds. The normalized spacial score (nSPS) is 18.8. The molecule has 0 aliphatic heterocycles. The zero-order chi connectivity index (χ0) is 19.0. The Balaban J connectivity index is 2.50. The summed E-state index contributed by atoms with van der Waals surface area (Å²) in [7, 11) is 0. The van der Waals surface area contributed by atoms with E-state index in [0.717, 1.165) is 45.4 Å². The Hall–Kier alpha value is -1.64. The van der Waals surface area contributed by atoms with Crippen molar-refractivity contribution in [2.75, 3.05) is 26.2 Å². The molecule has 1 atom stereocenters. The van der Waals surface area contributed by atoms with E-state index in [9.17, 15) is 0 Å². The molecule has 0 saturated heterocycles. The molecule has 0 aromatic heterocycles. The third-order valence-electron chi connectivity index (χ3n) is 4.44. The van der Waals surface area contributed by atoms with Crippen LogP contribution < -0.4 is 0 Å². The lowest BCUT2D eigenvalue weighted by molar-refractivity contribution is 0.434. The number of rotatable bonds is 11. The van der Waals surface area contributed by atoms with E-state index in [1.165, 1.54) is 18.7 Å². The SMILES string of the molecule is CCCN=C(C1CC=CCC1)N(CC)C/C=C/C=NCC/C=C\C(C)C. The fourth-order valence-electron chi connectivity index (χ4n) is 3.03. The Labute approximate surface area is 161 Å². The minimum Gasteiger partial charge on any atom is -0.357 e. The summed E-state index contributed by atoms with van der Waals surface area (Å²) in [5.41, 5.74) is 0. The molecule has 0 spiro atoms. The minimum absolute atomic E-state index is 0.585. The van der Waals surface area contributed by atoms with Gasteiger partial charge in [0.15, 0.2) is 0 Å². The van der Waals surface area contributed by atoms with Crippen molar-refractivity contribution in [2.24, 2.45) is 21.8 Å². The van der Waals surface area contributed by atoms with Crippen molar-refractivity contribution in [3.8, 4) is 0 Å². The number of aliphatic imine (C=N–C) groups is 2. The number of hydrogen-bond acceptors (Lipinski definition) is 2. The number of amidine groups is 1. The molecule has 1 rings (SSSR count). The Morgan fingerprint density at radius 2 is 2.04 bits per heavy atom. The molecular formula is C23H39N3. The van der Waals surface area contributed by atoms with Gasteiger partial charge in [-0.15, -0.1) is 0 Å². The number of allylic oxidation sites excluding steroid dienone is 4. The molecule has 3 heteroatoms. The predicted octanol–water partition coefficient (Wildman–Crippen LogP) is 5.70. The van der Waals surface area contributed by atoms with E-state index in [1.54, 1.807) is 0 Å². The average Bonchev–Trinajstić information content (AvgIpc) is 2.65. The summed E-state index contributed by atoms with van der Waals surface area (Å²) in [5.74, 6) is 2.52. The molecule has 0 fully saturated rings. The van der Waals surface area contributed by atoms with E-state index in [4.69, 9.17) is 4.99 Å². The monoisotopic (exact) mass is 357 g/mol. The first-order valence-electron chi connectivity index (χ1n) is 10.4. The van der Waals surface area contributed by atoms with Crippen LogP contribution in [0.4, 0.5) is 0 Å². The lowest BCUT2D eigenvalue weighted by atomic mass is 9.92. The van der Waals surface area contributed by atoms with Gasteiger partial charge in [-0.1, -0.05) is 51.2 Å². The van der Waals surface area contributed by atoms with Gasteiger partial charge in [0.1, 0.15) is 5.84 Å². The second kappa shape index (κ2) is 14.5. The Morgan fingerprint density at radius 3 is 2.69 bits per heavy atom. The highest BCUT2D eigenvalue weighted by atomic mass is 15.2. The van der Waals surface area contributed by atoms with Gasteiger partial charge in [0.2, 0.25) is 0 Å². The van der Waals surface area contributed by atoms with Gasteiger partial charge in [-0.05, 0) is 51.0 Å². The molecule has 1 aliphatic rings. The second-order valence-corrected chi connectivity index (χ2v) is 7.20. The van der Waals surface area contributed by atoms with Crippen molar-refractivity contribution in [3.05, 3.63) is 36.5 Å². The molecule has 0 aromatic carbocycles. The van der Waals surface area contributed by atoms with Gasteiger partial charge >= 0.3 is 0 Å². The van der Waals surface area contributed by atoms with Gasteiger partial charge in [0, 0.05) is 38.3 Å². The fraction of sp³-hybridized carbons (Fsp3) is 0.652. The summed E-state index contributed by atoms with van der Waals surface area (Å²) in [6.45, 7) is 12.5. The number of likely N-dealkylation sites (N-methyl/N-ethyl adjacent to an activating group) is 1. The van der Waals surface area contributed by atoms with E-state index >= 15 is 0 Å². The van der Waals surface area contributed by atoms with E-state index in [2.05, 4.69) is 74.0 Å². The third-order valence-corrected chi connectivity index (χ3v) is 4.44. The summed E-state index contributed by atoms with van der Waals surface area (Å²) in [6.07, 6.45) is 21.0. The second-order valence-electron chi connectivity index (χ2n) is 7.20. The Morgan fingerprint density at radius 1 is 1.19 bits per heavy atom. The number of hydrogen-bond donors (Lipinski definition) is 0. The van der Waals surface area contributed by atoms with Crippen molar-refractivity contribution >= 4 is 12.1 Å². The minimum atomic E-state index is 0.585. The molecule has 0 bridgehead atoms. The van der Waals surface area contributed by atoms with Gasteiger partial charge in [0.25, 0.3) is 0 Å². The quantitative estimate of drug-likeness (QED) is 0.202. The Kier molecular flexibility index (Phi) is 12.5. The molecule has 146 valence electrons. The van der Waals surface area contributed by atoms with E-state index in [0.29, 0.717) is 11.8 Å². The molecule has 1 aliphatic carbocycles. The standard InChI is InChI=1S/C23H39N3/c1-5-17-25-23(22-15-8-7-9-16-22)26(6-2)20-13-12-19-24-18-11-10-14-21(3)4/h7-8,10,12-14,19,21-22H,5-6,9,11,15-18,20H2,1-4H3/b13-12+,14-10-,24-19?,25-23?. The molecule has 3 nitrogen and oxygen atoms in total. The van der Waals surface area contributed by atoms with Crippen LogP contribution >= 0.6 is 0 Å². The van der Waals surface area contributed by atoms with Crippen LogP contribution in [-0.2, 0) is 0 Å². The maximum atomic E-state index is 4.93. The molecule has 0 radical (unpaired) electrons. The molecular weight excluding hydrogens is 318 g/mol. The zero-order valence-corrected chi connectivity index (χ0v) is 17.4. The maximum Gasteiger partial charge on any atom is 0.103 e. The van der Waals surface area contributed by atoms with Crippen LogP contribution in [0.2, 0.25) is 0 Å². The lowest BCUT2D eigenvalue weighted by Crippen LogP contribution is -2.37. The molecule has 0 saturated carbocycles. The van der Waals surface area contributed by atoms with Crippen LogP contribution in [0.25, 0.3) is 0 Å². The molecule has 0 N–H and O–H groups in total. The first kappa shape index (κ1) is 22.4. The first-order valence-corrected chi connectivity index (χ1v) is 10.4. The molecule has 0 aromatic rings. The summed E-state index contributed by atoms with van der Waals surface area (Å²) >= 11 is 0. The first-order chi connectivity index (χ1) is 12.7. The van der Waals surface area contributed by atoms with E-state index < -0.39 is 0 Å².